The number of nitrogens with one attached hydrogen (secondary N) is 1. The number of anilines is 1. The maximum Gasteiger partial charge on any atom is 0.198 e. The lowest BCUT2D eigenvalue weighted by Crippen LogP contribution is -2.52. The first-order valence-corrected chi connectivity index (χ1v) is 7.82. The first kappa shape index (κ1) is 16.3. The fourth-order valence-corrected chi connectivity index (χ4v) is 3.47. The summed E-state index contributed by atoms with van der Waals surface area (Å²) in [6.07, 6.45) is 6.42. The van der Waals surface area contributed by atoms with Gasteiger partial charge in [0, 0.05) is 12.1 Å². The second-order valence-corrected chi connectivity index (χ2v) is 6.58. The molecule has 1 fully saturated rings. The lowest BCUT2D eigenvalue weighted by atomic mass is 9.75. The monoisotopic (exact) mass is 312 g/mol. The largest absolute Gasteiger partial charge is 0.490 e. The van der Waals surface area contributed by atoms with Crippen molar-refractivity contribution < 1.29 is 4.74 Å². The highest BCUT2D eigenvalue weighted by atomic mass is 35.5. The molecule has 2 unspecified atom stereocenters. The van der Waals surface area contributed by atoms with Crippen molar-refractivity contribution in [1.29, 1.82) is 0 Å². The van der Waals surface area contributed by atoms with Gasteiger partial charge in [0.1, 0.15) is 6.33 Å². The zero-order valence-electron chi connectivity index (χ0n) is 13.3. The molecule has 1 heterocycles. The predicted octanol–water partition coefficient (Wildman–Crippen LogP) is 3.06. The highest BCUT2D eigenvalue weighted by molar-refractivity contribution is 6.31. The van der Waals surface area contributed by atoms with Gasteiger partial charge in [-0.15, -0.1) is 0 Å². The van der Waals surface area contributed by atoms with Crippen LogP contribution in [-0.2, 0) is 0 Å². The molecular weight excluding hydrogens is 288 g/mol. The van der Waals surface area contributed by atoms with Crippen LogP contribution < -0.4 is 10.1 Å². The van der Waals surface area contributed by atoms with E-state index in [9.17, 15) is 0 Å². The molecule has 1 aromatic rings. The minimum atomic E-state index is 0.153. The normalized spacial score (nSPS) is 25.9. The van der Waals surface area contributed by atoms with Crippen LogP contribution >= 0.6 is 11.6 Å². The van der Waals surface area contributed by atoms with Gasteiger partial charge in [0.2, 0.25) is 0 Å². The molecule has 118 valence electrons. The van der Waals surface area contributed by atoms with Crippen molar-refractivity contribution in [3.63, 3.8) is 0 Å². The molecule has 0 aliphatic heterocycles. The third kappa shape index (κ3) is 3.58. The Morgan fingerprint density at radius 2 is 2.24 bits per heavy atom. The zero-order chi connectivity index (χ0) is 15.5. The zero-order valence-corrected chi connectivity index (χ0v) is 14.1. The van der Waals surface area contributed by atoms with Crippen LogP contribution in [0.2, 0.25) is 5.15 Å². The Balaban J connectivity index is 2.14. The third-order valence-corrected chi connectivity index (χ3v) is 4.83. The van der Waals surface area contributed by atoms with Gasteiger partial charge in [-0.2, -0.15) is 0 Å². The van der Waals surface area contributed by atoms with Crippen molar-refractivity contribution in [1.82, 2.24) is 14.9 Å². The Hall–Kier alpha value is -1.07. The summed E-state index contributed by atoms with van der Waals surface area (Å²) < 4.78 is 5.30. The van der Waals surface area contributed by atoms with Gasteiger partial charge in [-0.1, -0.05) is 31.4 Å². The summed E-state index contributed by atoms with van der Waals surface area (Å²) in [5, 5.41) is 3.75. The Labute approximate surface area is 132 Å². The van der Waals surface area contributed by atoms with E-state index in [1.54, 1.807) is 7.11 Å². The number of ether oxygens (including phenoxy) is 1. The molecule has 1 N–H and O–H groups in total. The summed E-state index contributed by atoms with van der Waals surface area (Å²) in [6, 6.07) is 0. The van der Waals surface area contributed by atoms with E-state index in [0.717, 1.165) is 12.5 Å². The summed E-state index contributed by atoms with van der Waals surface area (Å²) >= 11 is 6.04. The Morgan fingerprint density at radius 1 is 1.48 bits per heavy atom. The third-order valence-electron chi connectivity index (χ3n) is 4.57. The lowest BCUT2D eigenvalue weighted by Gasteiger charge is -2.45. The molecule has 0 amide bonds. The second-order valence-electron chi connectivity index (χ2n) is 6.22. The van der Waals surface area contributed by atoms with Crippen molar-refractivity contribution in [2.24, 2.45) is 5.92 Å². The van der Waals surface area contributed by atoms with Crippen LogP contribution in [0, 0.1) is 5.92 Å². The van der Waals surface area contributed by atoms with E-state index in [1.807, 2.05) is 0 Å². The number of methoxy groups -OCH3 is 1. The minimum Gasteiger partial charge on any atom is -0.490 e. The van der Waals surface area contributed by atoms with Crippen LogP contribution in [0.1, 0.15) is 32.6 Å². The van der Waals surface area contributed by atoms with Crippen LogP contribution in [0.5, 0.6) is 5.75 Å². The van der Waals surface area contributed by atoms with Gasteiger partial charge in [0.25, 0.3) is 0 Å². The fourth-order valence-electron chi connectivity index (χ4n) is 3.26. The number of rotatable bonds is 5. The van der Waals surface area contributed by atoms with Gasteiger partial charge < -0.3 is 15.0 Å². The summed E-state index contributed by atoms with van der Waals surface area (Å²) in [4.78, 5) is 10.5. The van der Waals surface area contributed by atoms with Gasteiger partial charge in [-0.05, 0) is 32.9 Å². The number of likely N-dealkylation sites (N-methyl/N-ethyl adjacent to an activating group) is 1. The number of halogens is 1. The highest BCUT2D eigenvalue weighted by Crippen LogP contribution is 2.36. The van der Waals surface area contributed by atoms with E-state index < -0.39 is 0 Å². The van der Waals surface area contributed by atoms with Gasteiger partial charge >= 0.3 is 0 Å². The molecule has 2 atom stereocenters. The number of nitrogens with zero attached hydrogens (tertiary/aromatic N) is 3. The van der Waals surface area contributed by atoms with Gasteiger partial charge in [-0.3, -0.25) is 0 Å². The van der Waals surface area contributed by atoms with E-state index in [-0.39, 0.29) is 5.54 Å². The first-order valence-electron chi connectivity index (χ1n) is 7.44. The van der Waals surface area contributed by atoms with Crippen LogP contribution in [0.25, 0.3) is 0 Å². The minimum absolute atomic E-state index is 0.153. The quantitative estimate of drug-likeness (QED) is 0.847. The van der Waals surface area contributed by atoms with Crippen molar-refractivity contribution in [2.75, 3.05) is 33.1 Å². The molecule has 1 aliphatic rings. The van der Waals surface area contributed by atoms with Crippen molar-refractivity contribution >= 4 is 17.4 Å². The smallest absolute Gasteiger partial charge is 0.198 e. The molecule has 0 bridgehead atoms. The molecule has 0 radical (unpaired) electrons. The maximum absolute atomic E-state index is 6.04. The molecule has 1 aliphatic carbocycles. The van der Waals surface area contributed by atoms with E-state index in [2.05, 4.69) is 41.2 Å². The molecule has 0 saturated heterocycles. The van der Waals surface area contributed by atoms with E-state index in [4.69, 9.17) is 16.3 Å². The Bertz CT molecular complexity index is 483. The molecule has 2 rings (SSSR count). The molecule has 21 heavy (non-hydrogen) atoms. The molecule has 0 spiro atoms. The van der Waals surface area contributed by atoms with Crippen LogP contribution in [0.15, 0.2) is 6.33 Å². The highest BCUT2D eigenvalue weighted by Gasteiger charge is 2.37. The summed E-state index contributed by atoms with van der Waals surface area (Å²) in [5.74, 6) is 1.92. The van der Waals surface area contributed by atoms with Crippen molar-refractivity contribution in [3.8, 4) is 5.75 Å². The van der Waals surface area contributed by atoms with Crippen LogP contribution in [0.4, 0.5) is 5.82 Å². The SMILES string of the molecule is COc1c(Cl)ncnc1NCC1(N(C)C)CCCC(C)C1. The van der Waals surface area contributed by atoms with Gasteiger partial charge in [-0.25, -0.2) is 9.97 Å². The molecule has 1 saturated carbocycles. The van der Waals surface area contributed by atoms with Gasteiger partial charge in [0.15, 0.2) is 16.7 Å². The van der Waals surface area contributed by atoms with Crippen LogP contribution in [0.3, 0.4) is 0 Å². The lowest BCUT2D eigenvalue weighted by molar-refractivity contribution is 0.0881. The number of hydrogen-bond acceptors (Lipinski definition) is 5. The summed E-state index contributed by atoms with van der Waals surface area (Å²) in [7, 11) is 5.90. The standard InChI is InChI=1S/C15H25ClN4O/c1-11-6-5-7-15(8-11,20(2)3)9-17-14-12(21-4)13(16)18-10-19-14/h10-11H,5-9H2,1-4H3,(H,17,18,19). The van der Waals surface area contributed by atoms with Gasteiger partial charge in [0.05, 0.1) is 7.11 Å². The van der Waals surface area contributed by atoms with E-state index >= 15 is 0 Å². The Kier molecular flexibility index (Phi) is 5.27. The molecular formula is C15H25ClN4O. The molecule has 0 aromatic carbocycles. The summed E-state index contributed by atoms with van der Waals surface area (Å²) in [6.45, 7) is 3.16. The first-order chi connectivity index (χ1) is 9.98. The molecule has 5 nitrogen and oxygen atoms in total. The predicted molar refractivity (Wildman–Crippen MR) is 86.1 cm³/mol. The molecule has 6 heteroatoms. The van der Waals surface area contributed by atoms with Crippen molar-refractivity contribution in [2.45, 2.75) is 38.1 Å². The van der Waals surface area contributed by atoms with E-state index in [1.165, 1.54) is 32.0 Å². The average molecular weight is 313 g/mol. The van der Waals surface area contributed by atoms with E-state index in [0.29, 0.717) is 16.7 Å². The van der Waals surface area contributed by atoms with Crippen LogP contribution in [-0.4, -0.2) is 48.2 Å². The molecule has 1 aromatic heterocycles. The number of aromatic nitrogens is 2. The second kappa shape index (κ2) is 6.79. The Morgan fingerprint density at radius 3 is 2.86 bits per heavy atom. The number of hydrogen-bond donors (Lipinski definition) is 1. The van der Waals surface area contributed by atoms with Crippen molar-refractivity contribution in [3.05, 3.63) is 11.5 Å². The summed E-state index contributed by atoms with van der Waals surface area (Å²) in [5.41, 5.74) is 0.153. The average Bonchev–Trinajstić information content (AvgIpc) is 2.45. The topological polar surface area (TPSA) is 50.3 Å². The maximum atomic E-state index is 6.04. The fraction of sp³-hybridized carbons (Fsp3) is 0.733.